The SMILES string of the molecule is O=P(O)(OCCC(F)(F)C(F)(F)C(F)(F)C(F)(F)C(F)(F)C(F)(F)C(F)(F)C(F)(F)C(F)(F)C(F)(F)F)OCCC(F)(F)C(F)(F)C(F)(F)C(F)(F)C(F)(F)C(F)(F)C(F)(F)C(F)(F)C(F)(F)C(F)(F)C(F)(F)C(F)(F)F. The van der Waals surface area contributed by atoms with Gasteiger partial charge in [-0.25, -0.2) is 4.57 Å². The van der Waals surface area contributed by atoms with Crippen LogP contribution in [-0.4, -0.2) is 149 Å². The molecule has 77 heavy (non-hydrogen) atoms. The molecule has 0 amide bonds. The van der Waals surface area contributed by atoms with Crippen molar-refractivity contribution in [3.05, 3.63) is 0 Å². The molecule has 0 heterocycles. The second-order valence-electron chi connectivity index (χ2n) is 14.4. The molecule has 0 rings (SSSR count). The molecule has 0 radical (unpaired) electrons. The third kappa shape index (κ3) is 9.85. The van der Waals surface area contributed by atoms with Gasteiger partial charge in [0.25, 0.3) is 0 Å². The molecule has 0 aliphatic heterocycles. The fraction of sp³-hybridized carbons (Fsp3) is 1.00. The van der Waals surface area contributed by atoms with E-state index < -0.39 is 165 Å². The number of hydrogen-bond donors (Lipinski definition) is 1. The summed E-state index contributed by atoms with van der Waals surface area (Å²) in [7, 11) is -7.29. The van der Waals surface area contributed by atoms with E-state index in [4.69, 9.17) is 4.89 Å². The Hall–Kier alpha value is -3.11. The number of phosphoric ester groups is 1. The summed E-state index contributed by atoms with van der Waals surface area (Å²) in [4.78, 5) is 9.03. The van der Waals surface area contributed by atoms with E-state index in [0.717, 1.165) is 0 Å². The zero-order valence-corrected chi connectivity index (χ0v) is 34.2. The number of alkyl halides is 46. The minimum Gasteiger partial charge on any atom is -0.302 e. The molecule has 0 saturated heterocycles. The second kappa shape index (κ2) is 19.0. The quantitative estimate of drug-likeness (QED) is 0.0693. The predicted octanol–water partition coefficient (Wildman–Crippen LogP) is 15.7. The van der Waals surface area contributed by atoms with Gasteiger partial charge in [0.2, 0.25) is 0 Å². The van der Waals surface area contributed by atoms with Gasteiger partial charge in [0.05, 0.1) is 13.2 Å². The van der Waals surface area contributed by atoms with Crippen LogP contribution in [0.3, 0.4) is 0 Å². The first-order valence-corrected chi connectivity index (χ1v) is 18.2. The first-order valence-electron chi connectivity index (χ1n) is 16.7. The topological polar surface area (TPSA) is 55.8 Å². The molecule has 0 fully saturated rings. The third-order valence-electron chi connectivity index (χ3n) is 9.28. The Labute approximate surface area is 386 Å². The van der Waals surface area contributed by atoms with Gasteiger partial charge in [-0.05, 0) is 0 Å². The molecule has 1 atom stereocenters. The average Bonchev–Trinajstić information content (AvgIpc) is 3.18. The zero-order valence-electron chi connectivity index (χ0n) is 33.3. The van der Waals surface area contributed by atoms with E-state index in [1.165, 1.54) is 0 Å². The molecule has 4 nitrogen and oxygen atoms in total. The second-order valence-corrected chi connectivity index (χ2v) is 15.8. The van der Waals surface area contributed by atoms with Gasteiger partial charge in [0.15, 0.2) is 0 Å². The summed E-state index contributed by atoms with van der Waals surface area (Å²) in [5.41, 5.74) is 0. The molecule has 1 unspecified atom stereocenters. The van der Waals surface area contributed by atoms with E-state index >= 15 is 0 Å². The molecular weight excluding hydrogens is 1280 g/mol. The van der Waals surface area contributed by atoms with Crippen LogP contribution in [0.1, 0.15) is 12.8 Å². The van der Waals surface area contributed by atoms with Gasteiger partial charge in [-0.3, -0.25) is 9.05 Å². The van der Waals surface area contributed by atoms with Crippen LogP contribution in [-0.2, 0) is 13.6 Å². The highest BCUT2D eigenvalue weighted by molar-refractivity contribution is 7.47. The van der Waals surface area contributed by atoms with Gasteiger partial charge in [-0.15, -0.1) is 0 Å². The number of hydrogen-bond acceptors (Lipinski definition) is 3. The minimum atomic E-state index is -10.0. The van der Waals surface area contributed by atoms with Crippen LogP contribution < -0.4 is 0 Å². The number of phosphoric acid groups is 1. The minimum absolute atomic E-state index is 2.87. The highest BCUT2D eigenvalue weighted by atomic mass is 31.2. The monoisotopic (exact) mass is 1290 g/mol. The van der Waals surface area contributed by atoms with E-state index in [9.17, 15) is 207 Å². The maximum Gasteiger partial charge on any atom is 0.472 e. The van der Waals surface area contributed by atoms with E-state index in [1.807, 2.05) is 0 Å². The number of rotatable bonds is 26. The Balaban J connectivity index is 6.79. The summed E-state index contributed by atoms with van der Waals surface area (Å²) < 4.78 is 639. The van der Waals surface area contributed by atoms with E-state index in [0.29, 0.717) is 0 Å². The first kappa shape index (κ1) is 73.9. The molecule has 0 aromatic heterocycles. The lowest BCUT2D eigenvalue weighted by atomic mass is 9.84. The summed E-state index contributed by atoms with van der Waals surface area (Å²) in [6.07, 6.45) is -24.9. The molecule has 0 aliphatic carbocycles. The fourth-order valence-electron chi connectivity index (χ4n) is 4.51. The van der Waals surface area contributed by atoms with Crippen molar-refractivity contribution in [2.75, 3.05) is 13.2 Å². The van der Waals surface area contributed by atoms with Crippen LogP contribution in [0.5, 0.6) is 0 Å². The van der Waals surface area contributed by atoms with Crippen molar-refractivity contribution in [3.8, 4) is 0 Å². The summed E-state index contributed by atoms with van der Waals surface area (Å²) in [6.45, 7) is -6.88. The van der Waals surface area contributed by atoms with Crippen LogP contribution in [0.2, 0.25) is 0 Å². The third-order valence-corrected chi connectivity index (χ3v) is 10.3. The molecule has 0 bridgehead atoms. The van der Waals surface area contributed by atoms with Crippen molar-refractivity contribution in [3.63, 3.8) is 0 Å². The van der Waals surface area contributed by atoms with Gasteiger partial charge in [0.1, 0.15) is 0 Å². The maximum absolute atomic E-state index is 14.1. The average molecular weight is 1290 g/mol. The fourth-order valence-corrected chi connectivity index (χ4v) is 5.22. The normalized spacial score (nSPS) is 17.8. The van der Waals surface area contributed by atoms with E-state index in [-0.39, 0.29) is 0 Å². The summed E-state index contributed by atoms with van der Waals surface area (Å²) >= 11 is 0. The molecule has 464 valence electrons. The van der Waals surface area contributed by atoms with Crippen LogP contribution in [0, 0.1) is 0 Å². The maximum atomic E-state index is 14.1. The Morgan fingerprint density at radius 2 is 0.338 bits per heavy atom. The standard InChI is InChI=1S/C26H9F46O4P/c27-5(28,7(31,32)9(35,36)11(39,40)13(43,44)15(47,48)16(49,50)18(53,54)20(57,58)22(61,62)24(65,66)26(70,71)72)1-3-75-77(73,74)76-4-2-6(29,30)8(33,34)10(37,38)12(41,42)14(45,46)17(51,52)19(55,56)21(59,60)23(63,64)25(67,68)69/h1-4H2,(H,73,74). The predicted molar refractivity (Wildman–Crippen MR) is 142 cm³/mol. The number of halogens is 46. The lowest BCUT2D eigenvalue weighted by Gasteiger charge is -2.45. The van der Waals surface area contributed by atoms with Gasteiger partial charge in [-0.2, -0.15) is 202 Å². The van der Waals surface area contributed by atoms with Gasteiger partial charge >= 0.3 is 139 Å². The van der Waals surface area contributed by atoms with Crippen molar-refractivity contribution >= 4 is 7.82 Å². The highest BCUT2D eigenvalue weighted by Crippen LogP contribution is 2.70. The van der Waals surface area contributed by atoms with Crippen molar-refractivity contribution in [1.82, 2.24) is 0 Å². The zero-order chi connectivity index (χ0) is 63.7. The van der Waals surface area contributed by atoms with Gasteiger partial charge in [0, 0.05) is 12.8 Å². The van der Waals surface area contributed by atoms with E-state index in [1.54, 1.807) is 0 Å². The van der Waals surface area contributed by atoms with Gasteiger partial charge in [-0.1, -0.05) is 0 Å². The summed E-state index contributed by atoms with van der Waals surface area (Å²) in [6, 6.07) is 0. The Morgan fingerprint density at radius 3 is 0.468 bits per heavy atom. The van der Waals surface area contributed by atoms with Crippen LogP contribution in [0.4, 0.5) is 202 Å². The van der Waals surface area contributed by atoms with Crippen molar-refractivity contribution in [2.24, 2.45) is 0 Å². The molecule has 0 spiro atoms. The summed E-state index contributed by atoms with van der Waals surface area (Å²) in [5, 5.41) is 0. The van der Waals surface area contributed by atoms with Crippen LogP contribution in [0.25, 0.3) is 0 Å². The Bertz CT molecular complexity index is 2130. The highest BCUT2D eigenvalue weighted by Gasteiger charge is 3.01. The van der Waals surface area contributed by atoms with Crippen molar-refractivity contribution in [2.45, 2.75) is 144 Å². The molecule has 1 N–H and O–H groups in total. The molecule has 51 heteroatoms. The Morgan fingerprint density at radius 1 is 0.221 bits per heavy atom. The lowest BCUT2D eigenvalue weighted by molar-refractivity contribution is -0.482. The molecular formula is C26H9F46O4P. The summed E-state index contributed by atoms with van der Waals surface area (Å²) in [5.74, 6) is -187. The van der Waals surface area contributed by atoms with E-state index in [2.05, 4.69) is 9.05 Å². The largest absolute Gasteiger partial charge is 0.472 e. The van der Waals surface area contributed by atoms with Crippen molar-refractivity contribution < 1.29 is 220 Å². The smallest absolute Gasteiger partial charge is 0.302 e. The van der Waals surface area contributed by atoms with Crippen molar-refractivity contribution in [1.29, 1.82) is 0 Å². The molecule has 0 saturated carbocycles. The molecule has 0 aromatic rings. The molecule has 0 aliphatic rings. The first-order chi connectivity index (χ1) is 32.4. The van der Waals surface area contributed by atoms with Crippen LogP contribution in [0.15, 0.2) is 0 Å². The van der Waals surface area contributed by atoms with Crippen LogP contribution >= 0.6 is 7.82 Å². The molecule has 0 aromatic carbocycles. The lowest BCUT2D eigenvalue weighted by Crippen LogP contribution is -2.78. The Kier molecular flexibility index (Phi) is 18.2. The van der Waals surface area contributed by atoms with Gasteiger partial charge < -0.3 is 4.89 Å².